The molecule has 1 spiro atoms. The molecule has 1 heterocycles. The van der Waals surface area contributed by atoms with Crippen LogP contribution in [-0.4, -0.2) is 46.9 Å². The van der Waals surface area contributed by atoms with Crippen LogP contribution in [-0.2, 0) is 51.8 Å². The van der Waals surface area contributed by atoms with Crippen molar-refractivity contribution < 1.29 is 61.7 Å². The molecule has 1 saturated heterocycles. The molecule has 117 valence electrons. The van der Waals surface area contributed by atoms with E-state index in [4.69, 9.17) is 9.47 Å². The van der Waals surface area contributed by atoms with Gasteiger partial charge in [0.25, 0.3) is 0 Å². The average Bonchev–Trinajstić information content (AvgIpc) is 2.76. The minimum atomic E-state index is -1.31. The second-order valence-electron chi connectivity index (χ2n) is 5.79. The Labute approximate surface area is 152 Å². The van der Waals surface area contributed by atoms with E-state index in [1.54, 1.807) is 13.3 Å². The number of carbonyl (C=O) groups excluding carboxylic acids is 2. The number of ether oxygens (including phenoxy) is 2. The Morgan fingerprint density at radius 3 is 2.86 bits per heavy atom. The van der Waals surface area contributed by atoms with Gasteiger partial charge in [0.05, 0.1) is 5.41 Å². The van der Waals surface area contributed by atoms with E-state index in [1.165, 1.54) is 11.0 Å². The van der Waals surface area contributed by atoms with Crippen LogP contribution in [0.1, 0.15) is 13.3 Å². The van der Waals surface area contributed by atoms with Gasteiger partial charge in [-0.25, -0.2) is 4.79 Å². The van der Waals surface area contributed by atoms with Crippen LogP contribution in [0, 0.1) is 23.7 Å². The minimum Gasteiger partial charge on any atom is -0.481 e. The van der Waals surface area contributed by atoms with Crippen LogP contribution in [0.5, 0.6) is 0 Å². The fourth-order valence-corrected chi connectivity index (χ4v) is 3.83. The van der Waals surface area contributed by atoms with Gasteiger partial charge >= 0.3 is 18.0 Å². The van der Waals surface area contributed by atoms with E-state index in [0.717, 1.165) is 0 Å². The Hall–Kier alpha value is -0.946. The van der Waals surface area contributed by atoms with Gasteiger partial charge in [-0.2, -0.15) is 6.42 Å². The number of carboxylic acid groups (broad SMARTS) is 1. The monoisotopic (exact) mass is 383 g/mol. The molecule has 3 aliphatic rings. The van der Waals surface area contributed by atoms with Crippen LogP contribution in [0.3, 0.4) is 0 Å². The number of carboxylic acids is 1. The van der Waals surface area contributed by atoms with Gasteiger partial charge in [0, 0.05) is 38.2 Å². The molecule has 3 fully saturated rings. The van der Waals surface area contributed by atoms with E-state index in [9.17, 15) is 19.5 Å². The summed E-state index contributed by atoms with van der Waals surface area (Å²) in [6.07, 6.45) is 2.88. The number of rotatable bonds is 3. The smallest absolute Gasteiger partial charge is 0.411 e. The zero-order valence-corrected chi connectivity index (χ0v) is 15.0. The van der Waals surface area contributed by atoms with Crippen molar-refractivity contribution in [2.75, 3.05) is 13.3 Å². The second kappa shape index (κ2) is 5.60. The number of nitrogens with zero attached hydrogens (tertiary/aromatic N) is 1. The number of amides is 1. The third kappa shape index (κ3) is 1.98. The molecule has 4 unspecified atom stereocenters. The number of hydrogen-bond acceptors (Lipinski definition) is 5. The Kier molecular flexibility index (Phi) is 4.43. The molecule has 7 nitrogen and oxygen atoms in total. The van der Waals surface area contributed by atoms with Gasteiger partial charge in [-0.15, -0.1) is 0 Å². The number of cyclic esters (lactones) is 1. The summed E-state index contributed by atoms with van der Waals surface area (Å²) in [5, 5.41) is 9.40. The summed E-state index contributed by atoms with van der Waals surface area (Å²) in [6.45, 7) is 4.86. The van der Waals surface area contributed by atoms with Crippen LogP contribution in [0.25, 0.3) is 0 Å². The van der Waals surface area contributed by atoms with E-state index in [-0.39, 0.29) is 52.0 Å². The Morgan fingerprint density at radius 2 is 2.32 bits per heavy atom. The normalized spacial score (nSPS) is 38.0. The topological polar surface area (TPSA) is 93.1 Å². The van der Waals surface area contributed by atoms with Crippen molar-refractivity contribution in [1.29, 1.82) is 0 Å². The fourth-order valence-electron chi connectivity index (χ4n) is 3.83. The zero-order valence-electron chi connectivity index (χ0n) is 12.2. The number of fused-ring (bicyclic) bond motifs is 2. The number of aliphatic carboxylic acids is 1. The molecule has 22 heavy (non-hydrogen) atoms. The maximum absolute atomic E-state index is 12.2. The van der Waals surface area contributed by atoms with Crippen molar-refractivity contribution in [2.45, 2.75) is 18.9 Å². The first-order valence-electron chi connectivity index (χ1n) is 6.71. The van der Waals surface area contributed by atoms with E-state index >= 15 is 0 Å². The van der Waals surface area contributed by atoms with Crippen molar-refractivity contribution in [1.82, 2.24) is 4.90 Å². The summed E-state index contributed by atoms with van der Waals surface area (Å²) in [6, 6.07) is 0. The molecule has 2 saturated carbocycles. The summed E-state index contributed by atoms with van der Waals surface area (Å²) < 4.78 is 9.99. The zero-order chi connectivity index (χ0) is 15.4. The summed E-state index contributed by atoms with van der Waals surface area (Å²) >= 11 is 0. The fraction of sp³-hybridized carbons (Fsp3) is 0.571. The van der Waals surface area contributed by atoms with Crippen molar-refractivity contribution in [2.24, 2.45) is 17.3 Å². The Morgan fingerprint density at radius 1 is 1.64 bits per heavy atom. The summed E-state index contributed by atoms with van der Waals surface area (Å²) in [7, 11) is 0. The van der Waals surface area contributed by atoms with Gasteiger partial charge in [0.15, 0.2) is 6.73 Å². The molecule has 3 rings (SSSR count). The first kappa shape index (κ1) is 17.4. The molecule has 0 bridgehead atoms. The SMILES string of the molecule is C=CCOC(=O)N1COC(=O)C12[CH-]CC1C2C1(C)C(=O)O.[Y]. The standard InChI is InChI=1S/C14H16NO6.Y/c1-3-6-20-12(19)15-7-21-11(18)14(15)5-4-8-9(14)13(8,2)10(16)17;/h3,5,8-9H,1,4,6-7H2,2H3,(H,16,17);/q-1;. The molecule has 1 amide bonds. The predicted molar refractivity (Wildman–Crippen MR) is 68.7 cm³/mol. The molecule has 2 aliphatic carbocycles. The number of carbonyl (C=O) groups is 3. The predicted octanol–water partition coefficient (Wildman–Crippen LogP) is 0.806. The molecule has 1 aliphatic heterocycles. The second-order valence-corrected chi connectivity index (χ2v) is 5.79. The molecule has 0 aromatic carbocycles. The van der Waals surface area contributed by atoms with Gasteiger partial charge < -0.3 is 14.6 Å². The van der Waals surface area contributed by atoms with Crippen molar-refractivity contribution in [3.05, 3.63) is 19.1 Å². The van der Waals surface area contributed by atoms with Gasteiger partial charge in [-0.1, -0.05) is 12.7 Å². The molecular formula is C14H16NO6Y-. The summed E-state index contributed by atoms with van der Waals surface area (Å²) in [4.78, 5) is 37.0. The van der Waals surface area contributed by atoms with Crippen LogP contribution < -0.4 is 0 Å². The Bertz CT molecular complexity index is 551. The first-order valence-corrected chi connectivity index (χ1v) is 6.71. The molecule has 4 atom stereocenters. The Balaban J connectivity index is 0.00000176. The minimum absolute atomic E-state index is 0. The molecule has 1 radical (unpaired) electrons. The maximum atomic E-state index is 12.2. The van der Waals surface area contributed by atoms with Gasteiger partial charge in [0.1, 0.15) is 6.61 Å². The van der Waals surface area contributed by atoms with Crippen LogP contribution in [0.2, 0.25) is 0 Å². The van der Waals surface area contributed by atoms with E-state index in [2.05, 4.69) is 6.58 Å². The molecule has 0 aromatic heterocycles. The molecule has 0 aromatic rings. The van der Waals surface area contributed by atoms with Crippen LogP contribution in [0.15, 0.2) is 12.7 Å². The van der Waals surface area contributed by atoms with Gasteiger partial charge in [0.2, 0.25) is 0 Å². The van der Waals surface area contributed by atoms with Crippen LogP contribution >= 0.6 is 0 Å². The van der Waals surface area contributed by atoms with E-state index in [0.29, 0.717) is 6.42 Å². The maximum Gasteiger partial charge on any atom is 0.411 e. The number of hydrogen-bond donors (Lipinski definition) is 1. The van der Waals surface area contributed by atoms with Gasteiger partial charge in [-0.05, 0) is 18.8 Å². The third-order valence-corrected chi connectivity index (χ3v) is 4.97. The summed E-state index contributed by atoms with van der Waals surface area (Å²) in [5.74, 6) is -2.15. The quantitative estimate of drug-likeness (QED) is 0.441. The first-order chi connectivity index (χ1) is 9.90. The summed E-state index contributed by atoms with van der Waals surface area (Å²) in [5.41, 5.74) is -2.31. The average molecular weight is 383 g/mol. The molecular weight excluding hydrogens is 367 g/mol. The molecule has 1 N–H and O–H groups in total. The van der Waals surface area contributed by atoms with Crippen LogP contribution in [0.4, 0.5) is 4.79 Å². The number of esters is 1. The van der Waals surface area contributed by atoms with Gasteiger partial charge in [-0.3, -0.25) is 20.9 Å². The van der Waals surface area contributed by atoms with E-state index < -0.39 is 34.9 Å². The largest absolute Gasteiger partial charge is 0.481 e. The van der Waals surface area contributed by atoms with Crippen molar-refractivity contribution >= 4 is 18.0 Å². The molecule has 8 heteroatoms. The van der Waals surface area contributed by atoms with Crippen molar-refractivity contribution in [3.63, 3.8) is 0 Å². The third-order valence-electron chi connectivity index (χ3n) is 4.97. The van der Waals surface area contributed by atoms with Crippen molar-refractivity contribution in [3.8, 4) is 0 Å². The van der Waals surface area contributed by atoms with E-state index in [1.807, 2.05) is 0 Å².